The van der Waals surface area contributed by atoms with Crippen molar-refractivity contribution in [3.63, 3.8) is 0 Å². The lowest BCUT2D eigenvalue weighted by Crippen LogP contribution is -2.42. The first-order chi connectivity index (χ1) is 7.98. The van der Waals surface area contributed by atoms with E-state index in [1.807, 2.05) is 6.92 Å². The molecule has 100 valence electrons. The molecule has 1 N–H and O–H groups in total. The van der Waals surface area contributed by atoms with Gasteiger partial charge >= 0.3 is 12.2 Å². The summed E-state index contributed by atoms with van der Waals surface area (Å²) in [6.07, 6.45) is 2.31. The summed E-state index contributed by atoms with van der Waals surface area (Å²) in [4.78, 5) is 21.5. The third kappa shape index (κ3) is 5.65. The molecule has 4 nitrogen and oxygen atoms in total. The quantitative estimate of drug-likeness (QED) is 0.499. The molecule has 0 saturated heterocycles. The highest BCUT2D eigenvalue weighted by Gasteiger charge is 2.41. The Morgan fingerprint density at radius 3 is 2.18 bits per heavy atom. The molecule has 0 heterocycles. The van der Waals surface area contributed by atoms with Gasteiger partial charge in [-0.25, -0.2) is 9.59 Å². The second-order valence-corrected chi connectivity index (χ2v) is 4.20. The van der Waals surface area contributed by atoms with E-state index in [1.54, 1.807) is 6.92 Å². The van der Waals surface area contributed by atoms with Crippen molar-refractivity contribution in [2.45, 2.75) is 64.4 Å². The normalized spacial score (nSPS) is 14.1. The summed E-state index contributed by atoms with van der Waals surface area (Å²) in [5, 5.41) is 9.12. The maximum absolute atomic E-state index is 12.3. The lowest BCUT2D eigenvalue weighted by Gasteiger charge is -2.27. The van der Waals surface area contributed by atoms with Crippen molar-refractivity contribution in [1.82, 2.24) is 0 Å². The summed E-state index contributed by atoms with van der Waals surface area (Å²) in [6.45, 7) is 3.81. The Bertz CT molecular complexity index is 255. The van der Waals surface area contributed by atoms with E-state index in [-0.39, 0.29) is 12.8 Å². The standard InChI is InChI=1S/C12H21FO4/c1-3-5-6-7-9-12(8-4-2,10(14)15)17-11(13)16/h3-9H2,1-2H3,(H,14,15)/t12-/m0/s1. The van der Waals surface area contributed by atoms with Crippen molar-refractivity contribution in [3.05, 3.63) is 0 Å². The number of rotatable bonds is 9. The van der Waals surface area contributed by atoms with Crippen LogP contribution in [0.3, 0.4) is 0 Å². The first kappa shape index (κ1) is 15.9. The predicted octanol–water partition coefficient (Wildman–Crippen LogP) is 3.69. The molecular formula is C12H21FO4. The van der Waals surface area contributed by atoms with Gasteiger partial charge < -0.3 is 9.84 Å². The van der Waals surface area contributed by atoms with Gasteiger partial charge in [0.15, 0.2) is 0 Å². The third-order valence-corrected chi connectivity index (χ3v) is 2.75. The lowest BCUT2D eigenvalue weighted by molar-refractivity contribution is -0.161. The van der Waals surface area contributed by atoms with Crippen molar-refractivity contribution in [3.8, 4) is 0 Å². The molecule has 5 heteroatoms. The topological polar surface area (TPSA) is 63.6 Å². The van der Waals surface area contributed by atoms with E-state index in [0.717, 1.165) is 19.3 Å². The summed E-state index contributed by atoms with van der Waals surface area (Å²) in [7, 11) is 0. The van der Waals surface area contributed by atoms with Gasteiger partial charge in [0, 0.05) is 0 Å². The number of carboxylic acids is 1. The minimum atomic E-state index is -2.02. The molecular weight excluding hydrogens is 227 g/mol. The molecule has 17 heavy (non-hydrogen) atoms. The van der Waals surface area contributed by atoms with E-state index >= 15 is 0 Å². The number of unbranched alkanes of at least 4 members (excludes halogenated alkanes) is 3. The van der Waals surface area contributed by atoms with E-state index in [0.29, 0.717) is 12.8 Å². The van der Waals surface area contributed by atoms with E-state index in [2.05, 4.69) is 4.74 Å². The van der Waals surface area contributed by atoms with Gasteiger partial charge in [-0.1, -0.05) is 39.5 Å². The van der Waals surface area contributed by atoms with Gasteiger partial charge in [-0.2, -0.15) is 0 Å². The van der Waals surface area contributed by atoms with Gasteiger partial charge in [0.25, 0.3) is 0 Å². The van der Waals surface area contributed by atoms with Crippen molar-refractivity contribution >= 4 is 12.2 Å². The van der Waals surface area contributed by atoms with Gasteiger partial charge in [-0.15, -0.1) is 4.39 Å². The van der Waals surface area contributed by atoms with Crippen LogP contribution >= 0.6 is 0 Å². The van der Waals surface area contributed by atoms with Crippen LogP contribution in [0.2, 0.25) is 0 Å². The largest absolute Gasteiger partial charge is 0.496 e. The lowest BCUT2D eigenvalue weighted by atomic mass is 9.91. The van der Waals surface area contributed by atoms with E-state index < -0.39 is 17.8 Å². The summed E-state index contributed by atoms with van der Waals surface area (Å²) >= 11 is 0. The fourth-order valence-electron chi connectivity index (χ4n) is 1.88. The first-order valence-corrected chi connectivity index (χ1v) is 6.10. The van der Waals surface area contributed by atoms with Crippen molar-refractivity contribution < 1.29 is 23.8 Å². The van der Waals surface area contributed by atoms with Crippen molar-refractivity contribution in [2.24, 2.45) is 0 Å². The average molecular weight is 248 g/mol. The minimum Gasteiger partial charge on any atom is -0.478 e. The predicted molar refractivity (Wildman–Crippen MR) is 61.6 cm³/mol. The molecule has 1 atom stereocenters. The molecule has 0 aliphatic heterocycles. The molecule has 0 unspecified atom stereocenters. The van der Waals surface area contributed by atoms with Crippen LogP contribution in [-0.2, 0) is 9.53 Å². The van der Waals surface area contributed by atoms with Crippen LogP contribution in [-0.4, -0.2) is 22.9 Å². The average Bonchev–Trinajstić information content (AvgIpc) is 2.23. The Morgan fingerprint density at radius 1 is 1.12 bits per heavy atom. The van der Waals surface area contributed by atoms with Crippen LogP contribution in [0.15, 0.2) is 0 Å². The molecule has 0 radical (unpaired) electrons. The summed E-state index contributed by atoms with van der Waals surface area (Å²) in [5.41, 5.74) is -1.69. The molecule has 0 spiro atoms. The fraction of sp³-hybridized carbons (Fsp3) is 0.833. The molecule has 0 fully saturated rings. The van der Waals surface area contributed by atoms with Crippen LogP contribution in [0.25, 0.3) is 0 Å². The highest BCUT2D eigenvalue weighted by molar-refractivity contribution is 5.80. The third-order valence-electron chi connectivity index (χ3n) is 2.75. The maximum atomic E-state index is 12.3. The molecule has 0 aromatic rings. The van der Waals surface area contributed by atoms with Gasteiger partial charge in [-0.05, 0) is 19.3 Å². The van der Waals surface area contributed by atoms with Crippen LogP contribution in [0.1, 0.15) is 58.8 Å². The van der Waals surface area contributed by atoms with Gasteiger partial charge in [-0.3, -0.25) is 0 Å². The Balaban J connectivity index is 4.54. The van der Waals surface area contributed by atoms with Gasteiger partial charge in [0.05, 0.1) is 0 Å². The molecule has 0 rings (SSSR count). The number of ether oxygens (including phenoxy) is 1. The van der Waals surface area contributed by atoms with E-state index in [4.69, 9.17) is 5.11 Å². The molecule has 0 saturated carbocycles. The molecule has 0 aromatic carbocycles. The maximum Gasteiger partial charge on any atom is 0.496 e. The van der Waals surface area contributed by atoms with Crippen LogP contribution in [0, 0.1) is 0 Å². The van der Waals surface area contributed by atoms with Crippen LogP contribution < -0.4 is 0 Å². The number of hydrogen-bond donors (Lipinski definition) is 1. The molecule has 0 bridgehead atoms. The van der Waals surface area contributed by atoms with Crippen molar-refractivity contribution in [1.29, 1.82) is 0 Å². The Hall–Kier alpha value is -1.13. The van der Waals surface area contributed by atoms with E-state index in [1.165, 1.54) is 0 Å². The molecule has 0 amide bonds. The second kappa shape index (κ2) is 8.03. The SMILES string of the molecule is CCCCCC[C@](CCC)(OC(=O)F)C(=O)O. The van der Waals surface area contributed by atoms with Gasteiger partial charge in [0.2, 0.25) is 5.60 Å². The number of halogens is 1. The fourth-order valence-corrected chi connectivity index (χ4v) is 1.88. The number of hydrogen-bond acceptors (Lipinski definition) is 3. The summed E-state index contributed by atoms with van der Waals surface area (Å²) in [5.74, 6) is -1.26. The zero-order valence-corrected chi connectivity index (χ0v) is 10.5. The highest BCUT2D eigenvalue weighted by Crippen LogP contribution is 2.27. The minimum absolute atomic E-state index is 0.143. The number of carbonyl (C=O) groups is 2. The van der Waals surface area contributed by atoms with E-state index in [9.17, 15) is 14.0 Å². The van der Waals surface area contributed by atoms with Crippen LogP contribution in [0.5, 0.6) is 0 Å². The Morgan fingerprint density at radius 2 is 1.76 bits per heavy atom. The van der Waals surface area contributed by atoms with Crippen LogP contribution in [0.4, 0.5) is 9.18 Å². The Labute approximate surface area is 101 Å². The summed E-state index contributed by atoms with van der Waals surface area (Å²) in [6, 6.07) is 0. The Kier molecular flexibility index (Phi) is 7.50. The summed E-state index contributed by atoms with van der Waals surface area (Å²) < 4.78 is 16.7. The molecule has 0 aromatic heterocycles. The first-order valence-electron chi connectivity index (χ1n) is 6.10. The zero-order valence-electron chi connectivity index (χ0n) is 10.5. The molecule has 0 aliphatic carbocycles. The smallest absolute Gasteiger partial charge is 0.478 e. The highest BCUT2D eigenvalue weighted by atomic mass is 19.1. The van der Waals surface area contributed by atoms with Crippen molar-refractivity contribution in [2.75, 3.05) is 0 Å². The second-order valence-electron chi connectivity index (χ2n) is 4.20. The number of aliphatic carboxylic acids is 1. The molecule has 0 aliphatic rings. The number of carboxylic acid groups (broad SMARTS) is 1. The number of carbonyl (C=O) groups excluding carboxylic acids is 1. The van der Waals surface area contributed by atoms with Gasteiger partial charge in [0.1, 0.15) is 0 Å². The monoisotopic (exact) mass is 248 g/mol. The zero-order chi connectivity index (χ0) is 13.3.